The maximum atomic E-state index is 13.0. The molecule has 0 saturated heterocycles. The Morgan fingerprint density at radius 2 is 1.50 bits per heavy atom. The zero-order chi connectivity index (χ0) is 21.5. The third-order valence-electron chi connectivity index (χ3n) is 4.71. The van der Waals surface area contributed by atoms with Gasteiger partial charge in [0.15, 0.2) is 17.3 Å². The van der Waals surface area contributed by atoms with Gasteiger partial charge < -0.3 is 19.9 Å². The lowest BCUT2D eigenvalue weighted by Gasteiger charge is -2.21. The number of carbonyl (C=O) groups is 1. The van der Waals surface area contributed by atoms with Crippen LogP contribution in [0.5, 0.6) is 17.2 Å². The molecule has 6 heteroatoms. The minimum Gasteiger partial charge on any atom is -0.493 e. The van der Waals surface area contributed by atoms with Crippen molar-refractivity contribution in [1.82, 2.24) is 0 Å². The number of nitrogen functional groups attached to an aromatic ring is 1. The van der Waals surface area contributed by atoms with E-state index in [2.05, 4.69) is 0 Å². The van der Waals surface area contributed by atoms with Crippen LogP contribution in [0.1, 0.15) is 27.6 Å². The minimum atomic E-state index is -0.198. The van der Waals surface area contributed by atoms with Gasteiger partial charge in [-0.05, 0) is 29.8 Å². The molecule has 0 spiro atoms. The van der Waals surface area contributed by atoms with Crippen LogP contribution in [0.4, 0.5) is 5.69 Å². The first-order valence-electron chi connectivity index (χ1n) is 9.46. The first kappa shape index (κ1) is 21.6. The Morgan fingerprint density at radius 3 is 2.07 bits per heavy atom. The number of anilines is 1. The second-order valence-electron chi connectivity index (χ2n) is 6.60. The summed E-state index contributed by atoms with van der Waals surface area (Å²) in [5.41, 5.74) is 8.41. The first-order chi connectivity index (χ1) is 14.6. The molecule has 156 valence electrons. The number of para-hydroxylation sites is 1. The number of benzene rings is 3. The molecule has 0 aliphatic heterocycles. The first-order valence-corrected chi connectivity index (χ1v) is 10.3. The number of carbonyl (C=O) groups excluding carboxylic acids is 1. The van der Waals surface area contributed by atoms with E-state index in [9.17, 15) is 4.79 Å². The van der Waals surface area contributed by atoms with Crippen molar-refractivity contribution in [3.05, 3.63) is 77.9 Å². The number of nitrogens with two attached hydrogens (primary N) is 1. The molecule has 0 amide bonds. The van der Waals surface area contributed by atoms with E-state index < -0.39 is 0 Å². The summed E-state index contributed by atoms with van der Waals surface area (Å²) in [5, 5.41) is -0.198. The number of hydrogen-bond acceptors (Lipinski definition) is 6. The fraction of sp³-hybridized carbons (Fsp3) is 0.208. The summed E-state index contributed by atoms with van der Waals surface area (Å²) in [6.07, 6.45) is 0.293. The summed E-state index contributed by atoms with van der Waals surface area (Å²) < 4.78 is 16.5. The van der Waals surface area contributed by atoms with Gasteiger partial charge in [0.05, 0.1) is 21.3 Å². The van der Waals surface area contributed by atoms with Crippen molar-refractivity contribution in [2.45, 2.75) is 16.6 Å². The van der Waals surface area contributed by atoms with Crippen molar-refractivity contribution in [1.29, 1.82) is 0 Å². The Bertz CT molecular complexity index is 982. The topological polar surface area (TPSA) is 70.8 Å². The van der Waals surface area contributed by atoms with Crippen molar-refractivity contribution >= 4 is 23.2 Å². The Balaban J connectivity index is 2.02. The van der Waals surface area contributed by atoms with Crippen molar-refractivity contribution in [3.63, 3.8) is 0 Å². The van der Waals surface area contributed by atoms with Gasteiger partial charge in [-0.3, -0.25) is 4.79 Å². The number of rotatable bonds is 9. The molecule has 0 fully saturated rings. The van der Waals surface area contributed by atoms with Gasteiger partial charge in [-0.25, -0.2) is 0 Å². The van der Waals surface area contributed by atoms with Crippen molar-refractivity contribution in [3.8, 4) is 17.2 Å². The molecule has 0 heterocycles. The predicted molar refractivity (Wildman–Crippen MR) is 121 cm³/mol. The molecule has 1 atom stereocenters. The molecule has 3 aromatic rings. The highest BCUT2D eigenvalue weighted by Crippen LogP contribution is 2.46. The van der Waals surface area contributed by atoms with Gasteiger partial charge in [-0.15, -0.1) is 11.8 Å². The standard InChI is InChI=1S/C24H25NO4S/c1-27-20-13-17(14-21(28-2)24(20)29-3)23(30-22-12-8-7-11-18(22)25)15-19(26)16-9-5-4-6-10-16/h4-14,23H,15,25H2,1-3H3/t23-/m1/s1. The largest absolute Gasteiger partial charge is 0.493 e. The SMILES string of the molecule is COc1cc([C@@H](CC(=O)c2ccccc2)Sc2ccccc2N)cc(OC)c1OC. The monoisotopic (exact) mass is 423 g/mol. The number of ketones is 1. The molecule has 2 N–H and O–H groups in total. The molecular weight excluding hydrogens is 398 g/mol. The van der Waals surface area contributed by atoms with E-state index in [0.29, 0.717) is 34.9 Å². The smallest absolute Gasteiger partial charge is 0.203 e. The summed E-state index contributed by atoms with van der Waals surface area (Å²) in [7, 11) is 4.72. The predicted octanol–water partition coefficient (Wildman–Crippen LogP) is 5.40. The van der Waals surface area contributed by atoms with Crippen LogP contribution in [0.2, 0.25) is 0 Å². The van der Waals surface area contributed by atoms with E-state index in [0.717, 1.165) is 10.5 Å². The zero-order valence-electron chi connectivity index (χ0n) is 17.3. The molecule has 0 aromatic heterocycles. The number of thioether (sulfide) groups is 1. The molecular formula is C24H25NO4S. The number of Topliss-reactive ketones (excluding diaryl/α,β-unsaturated/α-hetero) is 1. The average molecular weight is 424 g/mol. The van der Waals surface area contributed by atoms with Crippen LogP contribution in [0.15, 0.2) is 71.6 Å². The number of ether oxygens (including phenoxy) is 3. The van der Waals surface area contributed by atoms with Crippen LogP contribution in [-0.4, -0.2) is 27.1 Å². The van der Waals surface area contributed by atoms with Gasteiger partial charge in [-0.2, -0.15) is 0 Å². The van der Waals surface area contributed by atoms with Crippen molar-refractivity contribution in [2.75, 3.05) is 27.1 Å². The van der Waals surface area contributed by atoms with Gasteiger partial charge in [-0.1, -0.05) is 42.5 Å². The third-order valence-corrected chi connectivity index (χ3v) is 6.06. The van der Waals surface area contributed by atoms with Crippen LogP contribution < -0.4 is 19.9 Å². The summed E-state index contributed by atoms with van der Waals surface area (Å²) in [6.45, 7) is 0. The Labute approximate surface area is 181 Å². The van der Waals surface area contributed by atoms with Crippen LogP contribution >= 0.6 is 11.8 Å². The van der Waals surface area contributed by atoms with Gasteiger partial charge in [0, 0.05) is 27.8 Å². The summed E-state index contributed by atoms with van der Waals surface area (Å²) in [6, 6.07) is 20.7. The molecule has 3 aromatic carbocycles. The summed E-state index contributed by atoms with van der Waals surface area (Å²) in [4.78, 5) is 13.9. The molecule has 0 aliphatic rings. The van der Waals surface area contributed by atoms with Crippen LogP contribution in [0, 0.1) is 0 Å². The summed E-state index contributed by atoms with van der Waals surface area (Å²) in [5.74, 6) is 1.66. The Kier molecular flexibility index (Phi) is 7.25. The lowest BCUT2D eigenvalue weighted by Crippen LogP contribution is -2.07. The number of methoxy groups -OCH3 is 3. The average Bonchev–Trinajstić information content (AvgIpc) is 2.79. The normalized spacial score (nSPS) is 11.6. The van der Waals surface area contributed by atoms with Gasteiger partial charge in [0.2, 0.25) is 5.75 Å². The number of hydrogen-bond donors (Lipinski definition) is 1. The van der Waals surface area contributed by atoms with E-state index in [1.807, 2.05) is 66.7 Å². The van der Waals surface area contributed by atoms with Gasteiger partial charge in [0.1, 0.15) is 0 Å². The maximum absolute atomic E-state index is 13.0. The quantitative estimate of drug-likeness (QED) is 0.282. The van der Waals surface area contributed by atoms with Gasteiger partial charge in [0.25, 0.3) is 0 Å². The lowest BCUT2D eigenvalue weighted by atomic mass is 10.0. The molecule has 0 saturated carbocycles. The highest BCUT2D eigenvalue weighted by molar-refractivity contribution is 7.99. The highest BCUT2D eigenvalue weighted by atomic mass is 32.2. The minimum absolute atomic E-state index is 0.0522. The highest BCUT2D eigenvalue weighted by Gasteiger charge is 2.23. The van der Waals surface area contributed by atoms with Gasteiger partial charge >= 0.3 is 0 Å². The molecule has 30 heavy (non-hydrogen) atoms. The molecule has 0 bridgehead atoms. The molecule has 0 aliphatic carbocycles. The lowest BCUT2D eigenvalue weighted by molar-refractivity contribution is 0.0982. The van der Waals surface area contributed by atoms with Crippen molar-refractivity contribution < 1.29 is 19.0 Å². The van der Waals surface area contributed by atoms with E-state index in [1.54, 1.807) is 33.1 Å². The fourth-order valence-electron chi connectivity index (χ4n) is 3.17. The van der Waals surface area contributed by atoms with Crippen molar-refractivity contribution in [2.24, 2.45) is 0 Å². The second-order valence-corrected chi connectivity index (χ2v) is 7.84. The summed E-state index contributed by atoms with van der Waals surface area (Å²) >= 11 is 1.55. The van der Waals surface area contributed by atoms with E-state index in [4.69, 9.17) is 19.9 Å². The van der Waals surface area contributed by atoms with Crippen LogP contribution in [-0.2, 0) is 0 Å². The third kappa shape index (κ3) is 4.89. The molecule has 3 rings (SSSR count). The second kappa shape index (κ2) is 10.1. The van der Waals surface area contributed by atoms with E-state index in [-0.39, 0.29) is 11.0 Å². The van der Waals surface area contributed by atoms with Crippen LogP contribution in [0.3, 0.4) is 0 Å². The molecule has 5 nitrogen and oxygen atoms in total. The van der Waals surface area contributed by atoms with Crippen LogP contribution in [0.25, 0.3) is 0 Å². The fourth-order valence-corrected chi connectivity index (χ4v) is 4.34. The molecule has 0 unspecified atom stereocenters. The van der Waals surface area contributed by atoms with E-state index >= 15 is 0 Å². The zero-order valence-corrected chi connectivity index (χ0v) is 18.1. The molecule has 0 radical (unpaired) electrons. The Hall–Kier alpha value is -3.12. The Morgan fingerprint density at radius 1 is 0.900 bits per heavy atom. The van der Waals surface area contributed by atoms with E-state index in [1.165, 1.54) is 0 Å². The maximum Gasteiger partial charge on any atom is 0.203 e.